The molecule has 1 aliphatic heterocycles. The van der Waals surface area contributed by atoms with Crippen LogP contribution >= 0.6 is 0 Å². The number of hydrogen-bond acceptors (Lipinski definition) is 6. The Kier molecular flexibility index (Phi) is 9.01. The molecule has 3 aromatic rings. The summed E-state index contributed by atoms with van der Waals surface area (Å²) in [6.45, 7) is 1.29. The second kappa shape index (κ2) is 12.6. The van der Waals surface area contributed by atoms with Crippen molar-refractivity contribution in [3.63, 3.8) is 0 Å². The lowest BCUT2D eigenvalue weighted by Crippen LogP contribution is -2.53. The SMILES string of the molecule is CC(CN[C@H](C(=O)Nc1ccc(N2CCN(CC(F)(F)F)C(=O)C2)cn1)c1ccccc1)c1ccc(C#N)cc1. The molecule has 1 fully saturated rings. The molecule has 1 saturated heterocycles. The first-order valence-corrected chi connectivity index (χ1v) is 12.8. The van der Waals surface area contributed by atoms with E-state index in [1.165, 1.54) is 6.20 Å². The van der Waals surface area contributed by atoms with E-state index < -0.39 is 24.7 Å². The summed E-state index contributed by atoms with van der Waals surface area (Å²) in [6, 6.07) is 21.3. The molecule has 0 saturated carbocycles. The maximum atomic E-state index is 13.3. The number of halogens is 3. The van der Waals surface area contributed by atoms with Crippen molar-refractivity contribution in [3.05, 3.63) is 89.6 Å². The molecule has 0 bridgehead atoms. The highest BCUT2D eigenvalue weighted by atomic mass is 19.4. The fourth-order valence-corrected chi connectivity index (χ4v) is 4.46. The van der Waals surface area contributed by atoms with Crippen molar-refractivity contribution in [2.45, 2.75) is 25.1 Å². The van der Waals surface area contributed by atoms with Gasteiger partial charge in [0, 0.05) is 19.6 Å². The highest BCUT2D eigenvalue weighted by molar-refractivity contribution is 5.95. The summed E-state index contributed by atoms with van der Waals surface area (Å²) in [5.41, 5.74) is 2.97. The molecule has 2 heterocycles. The third-order valence-electron chi connectivity index (χ3n) is 6.69. The number of nitriles is 1. The molecule has 0 aliphatic carbocycles. The molecule has 40 heavy (non-hydrogen) atoms. The molecule has 11 heteroatoms. The maximum absolute atomic E-state index is 13.3. The molecule has 2 atom stereocenters. The number of alkyl halides is 3. The minimum Gasteiger partial charge on any atom is -0.359 e. The number of carbonyl (C=O) groups is 2. The second-order valence-corrected chi connectivity index (χ2v) is 9.63. The van der Waals surface area contributed by atoms with Crippen LogP contribution < -0.4 is 15.5 Å². The maximum Gasteiger partial charge on any atom is 0.406 e. The van der Waals surface area contributed by atoms with Gasteiger partial charge in [0.25, 0.3) is 0 Å². The van der Waals surface area contributed by atoms with Crippen LogP contribution in [0.4, 0.5) is 24.7 Å². The van der Waals surface area contributed by atoms with E-state index >= 15 is 0 Å². The monoisotopic (exact) mass is 550 g/mol. The Balaban J connectivity index is 1.39. The first-order valence-electron chi connectivity index (χ1n) is 12.8. The standard InChI is InChI=1S/C29H29F3N6O2/c1-20(22-9-7-21(15-33)8-10-22)16-35-27(23-5-3-2-4-6-23)28(40)36-25-12-11-24(17-34-25)37-13-14-38(26(39)18-37)19-29(30,31)32/h2-12,17,20,27,35H,13-14,16,18-19H2,1H3,(H,34,36,40)/t20?,27-/m0/s1. The van der Waals surface area contributed by atoms with Gasteiger partial charge >= 0.3 is 6.18 Å². The van der Waals surface area contributed by atoms with Crippen LogP contribution in [0.25, 0.3) is 0 Å². The van der Waals surface area contributed by atoms with Crippen molar-refractivity contribution in [1.82, 2.24) is 15.2 Å². The molecule has 208 valence electrons. The Bertz CT molecular complexity index is 1340. The Morgan fingerprint density at radius 1 is 1.05 bits per heavy atom. The summed E-state index contributed by atoms with van der Waals surface area (Å²) >= 11 is 0. The topological polar surface area (TPSA) is 101 Å². The van der Waals surface area contributed by atoms with Crippen LogP contribution in [0.3, 0.4) is 0 Å². The normalized spacial score (nSPS) is 15.3. The minimum atomic E-state index is -4.44. The van der Waals surface area contributed by atoms with Gasteiger partial charge < -0.3 is 20.4 Å². The summed E-state index contributed by atoms with van der Waals surface area (Å²) in [5.74, 6) is -0.537. The molecule has 8 nitrogen and oxygen atoms in total. The first kappa shape index (κ1) is 28.6. The van der Waals surface area contributed by atoms with Crippen molar-refractivity contribution < 1.29 is 22.8 Å². The summed E-state index contributed by atoms with van der Waals surface area (Å²) in [5, 5.41) is 15.2. The number of nitrogens with zero attached hydrogens (tertiary/aromatic N) is 4. The number of nitrogens with one attached hydrogen (secondary N) is 2. The summed E-state index contributed by atoms with van der Waals surface area (Å²) in [6.07, 6.45) is -2.95. The van der Waals surface area contributed by atoms with E-state index in [9.17, 15) is 22.8 Å². The number of anilines is 2. The Morgan fingerprint density at radius 3 is 2.38 bits per heavy atom. The zero-order valence-electron chi connectivity index (χ0n) is 21.9. The number of amides is 2. The van der Waals surface area contributed by atoms with Gasteiger partial charge in [-0.25, -0.2) is 4.98 Å². The number of hydrogen-bond donors (Lipinski definition) is 2. The number of rotatable bonds is 9. The number of aromatic nitrogens is 1. The van der Waals surface area contributed by atoms with Crippen LogP contribution in [0.5, 0.6) is 0 Å². The average Bonchev–Trinajstić information content (AvgIpc) is 2.94. The molecular weight excluding hydrogens is 521 g/mol. The van der Waals surface area contributed by atoms with E-state index in [2.05, 4.69) is 21.7 Å². The van der Waals surface area contributed by atoms with Crippen LogP contribution in [0.1, 0.15) is 35.6 Å². The fourth-order valence-electron chi connectivity index (χ4n) is 4.46. The zero-order valence-corrected chi connectivity index (χ0v) is 21.9. The molecule has 2 N–H and O–H groups in total. The van der Waals surface area contributed by atoms with Crippen molar-refractivity contribution in [2.24, 2.45) is 0 Å². The molecule has 0 radical (unpaired) electrons. The third kappa shape index (κ3) is 7.57. The summed E-state index contributed by atoms with van der Waals surface area (Å²) in [4.78, 5) is 32.3. The van der Waals surface area contributed by atoms with Gasteiger partial charge in [-0.05, 0) is 41.3 Å². The van der Waals surface area contributed by atoms with E-state index in [0.717, 1.165) is 16.0 Å². The quantitative estimate of drug-likeness (QED) is 0.414. The highest BCUT2D eigenvalue weighted by Crippen LogP contribution is 2.23. The lowest BCUT2D eigenvalue weighted by atomic mass is 9.98. The van der Waals surface area contributed by atoms with E-state index in [1.54, 1.807) is 29.2 Å². The molecule has 1 aliphatic rings. The van der Waals surface area contributed by atoms with Crippen molar-refractivity contribution in [2.75, 3.05) is 42.9 Å². The van der Waals surface area contributed by atoms with Crippen LogP contribution in [-0.2, 0) is 9.59 Å². The number of piperazine rings is 1. The smallest absolute Gasteiger partial charge is 0.359 e. The molecule has 0 spiro atoms. The van der Waals surface area contributed by atoms with Gasteiger partial charge in [0.05, 0.1) is 30.1 Å². The predicted octanol–water partition coefficient (Wildman–Crippen LogP) is 4.24. The van der Waals surface area contributed by atoms with Crippen molar-refractivity contribution >= 4 is 23.3 Å². The van der Waals surface area contributed by atoms with Gasteiger partial charge in [-0.15, -0.1) is 0 Å². The van der Waals surface area contributed by atoms with Gasteiger partial charge in [0.1, 0.15) is 18.4 Å². The molecule has 2 amide bonds. The van der Waals surface area contributed by atoms with Gasteiger partial charge in [-0.3, -0.25) is 9.59 Å². The van der Waals surface area contributed by atoms with E-state index in [4.69, 9.17) is 5.26 Å². The molecule has 4 rings (SSSR count). The molecule has 1 aromatic heterocycles. The first-order chi connectivity index (χ1) is 19.1. The largest absolute Gasteiger partial charge is 0.406 e. The van der Waals surface area contributed by atoms with Crippen LogP contribution in [0, 0.1) is 11.3 Å². The van der Waals surface area contributed by atoms with E-state index in [1.807, 2.05) is 49.4 Å². The lowest BCUT2D eigenvalue weighted by Gasteiger charge is -2.35. The summed E-state index contributed by atoms with van der Waals surface area (Å²) < 4.78 is 38.0. The molecule has 1 unspecified atom stereocenters. The Labute approximate surface area is 230 Å². The average molecular weight is 551 g/mol. The van der Waals surface area contributed by atoms with Crippen LogP contribution in [0.15, 0.2) is 72.9 Å². The molecule has 2 aromatic carbocycles. The predicted molar refractivity (Wildman–Crippen MR) is 144 cm³/mol. The Morgan fingerprint density at radius 2 is 1.77 bits per heavy atom. The van der Waals surface area contributed by atoms with Crippen LogP contribution in [0.2, 0.25) is 0 Å². The third-order valence-corrected chi connectivity index (χ3v) is 6.69. The molecular formula is C29H29F3N6O2. The lowest BCUT2D eigenvalue weighted by molar-refractivity contribution is -0.161. The van der Waals surface area contributed by atoms with E-state index in [-0.39, 0.29) is 31.5 Å². The van der Waals surface area contributed by atoms with Gasteiger partial charge in [0.2, 0.25) is 11.8 Å². The minimum absolute atomic E-state index is 0.0395. The van der Waals surface area contributed by atoms with E-state index in [0.29, 0.717) is 23.6 Å². The Hall–Kier alpha value is -4.43. The van der Waals surface area contributed by atoms with Gasteiger partial charge in [0.15, 0.2) is 0 Å². The zero-order chi connectivity index (χ0) is 28.7. The summed E-state index contributed by atoms with van der Waals surface area (Å²) in [7, 11) is 0. The number of carbonyl (C=O) groups excluding carboxylic acids is 2. The van der Waals surface area contributed by atoms with Crippen molar-refractivity contribution in [3.8, 4) is 6.07 Å². The van der Waals surface area contributed by atoms with Crippen molar-refractivity contribution in [1.29, 1.82) is 5.26 Å². The van der Waals surface area contributed by atoms with Gasteiger partial charge in [-0.2, -0.15) is 18.4 Å². The second-order valence-electron chi connectivity index (χ2n) is 9.63. The number of benzene rings is 2. The van der Waals surface area contributed by atoms with Gasteiger partial charge in [-0.1, -0.05) is 49.4 Å². The highest BCUT2D eigenvalue weighted by Gasteiger charge is 2.35. The van der Waals surface area contributed by atoms with Crippen LogP contribution in [-0.4, -0.2) is 60.6 Å². The number of pyridine rings is 1. The fraction of sp³-hybridized carbons (Fsp3) is 0.310.